The summed E-state index contributed by atoms with van der Waals surface area (Å²) < 4.78 is 10.6. The molecular formula is C25H23NO4. The fraction of sp³-hybridized carbons (Fsp3) is 0.200. The number of rotatable bonds is 6. The van der Waals surface area contributed by atoms with Crippen molar-refractivity contribution in [2.75, 3.05) is 20.8 Å². The number of methoxy groups -OCH3 is 2. The van der Waals surface area contributed by atoms with Crippen LogP contribution in [-0.2, 0) is 6.54 Å². The number of hydrogen-bond donors (Lipinski definition) is 0. The van der Waals surface area contributed by atoms with E-state index in [0.717, 1.165) is 16.7 Å². The maximum Gasteiger partial charge on any atom is 0.254 e. The summed E-state index contributed by atoms with van der Waals surface area (Å²) in [4.78, 5) is 27.7. The first-order valence-electron chi connectivity index (χ1n) is 9.85. The van der Waals surface area contributed by atoms with E-state index < -0.39 is 0 Å². The van der Waals surface area contributed by atoms with E-state index in [0.29, 0.717) is 41.3 Å². The van der Waals surface area contributed by atoms with Crippen LogP contribution in [0.4, 0.5) is 0 Å². The average molecular weight is 401 g/mol. The highest BCUT2D eigenvalue weighted by molar-refractivity contribution is 6.22. The smallest absolute Gasteiger partial charge is 0.254 e. The summed E-state index contributed by atoms with van der Waals surface area (Å²) in [5.74, 6) is 1.13. The molecule has 1 aliphatic rings. The number of carbonyl (C=O) groups is 2. The van der Waals surface area contributed by atoms with Crippen LogP contribution in [-0.4, -0.2) is 37.4 Å². The second kappa shape index (κ2) is 8.03. The Morgan fingerprint density at radius 2 is 1.53 bits per heavy atom. The maximum absolute atomic E-state index is 13.2. The minimum absolute atomic E-state index is 0.0295. The largest absolute Gasteiger partial charge is 0.493 e. The molecule has 1 aliphatic carbocycles. The molecule has 0 saturated heterocycles. The second-order valence-electron chi connectivity index (χ2n) is 7.14. The third-order valence-corrected chi connectivity index (χ3v) is 5.46. The van der Waals surface area contributed by atoms with Crippen LogP contribution in [0.25, 0.3) is 11.1 Å². The third-order valence-electron chi connectivity index (χ3n) is 5.46. The summed E-state index contributed by atoms with van der Waals surface area (Å²) in [5.41, 5.74) is 4.54. The van der Waals surface area contributed by atoms with Crippen molar-refractivity contribution in [1.29, 1.82) is 0 Å². The molecule has 0 N–H and O–H groups in total. The second-order valence-corrected chi connectivity index (χ2v) is 7.14. The van der Waals surface area contributed by atoms with E-state index >= 15 is 0 Å². The van der Waals surface area contributed by atoms with E-state index in [4.69, 9.17) is 9.47 Å². The summed E-state index contributed by atoms with van der Waals surface area (Å²) >= 11 is 0. The van der Waals surface area contributed by atoms with E-state index in [1.165, 1.54) is 0 Å². The molecule has 0 bridgehead atoms. The number of ketones is 1. The minimum Gasteiger partial charge on any atom is -0.493 e. The molecule has 5 nitrogen and oxygen atoms in total. The number of amides is 1. The van der Waals surface area contributed by atoms with Crippen molar-refractivity contribution in [2.24, 2.45) is 0 Å². The predicted octanol–water partition coefficient (Wildman–Crippen LogP) is 4.58. The van der Waals surface area contributed by atoms with E-state index in [-0.39, 0.29) is 11.7 Å². The highest BCUT2D eigenvalue weighted by atomic mass is 16.5. The van der Waals surface area contributed by atoms with Crippen LogP contribution in [0.3, 0.4) is 0 Å². The standard InChI is InChI=1S/C25H23NO4/c1-4-26(15-16-9-12-22(29-2)23(13-16)30-3)25(28)17-10-11-19-18-7-5-6-8-20(18)24(27)21(19)14-17/h5-14H,4,15H2,1-3H3. The van der Waals surface area contributed by atoms with E-state index in [9.17, 15) is 9.59 Å². The van der Waals surface area contributed by atoms with Gasteiger partial charge in [-0.15, -0.1) is 0 Å². The zero-order valence-corrected chi connectivity index (χ0v) is 17.3. The van der Waals surface area contributed by atoms with E-state index in [1.807, 2.05) is 55.5 Å². The van der Waals surface area contributed by atoms with Gasteiger partial charge >= 0.3 is 0 Å². The summed E-state index contributed by atoms with van der Waals surface area (Å²) in [6.07, 6.45) is 0. The van der Waals surface area contributed by atoms with Crippen LogP contribution in [0.2, 0.25) is 0 Å². The highest BCUT2D eigenvalue weighted by Crippen LogP contribution is 2.37. The fourth-order valence-corrected chi connectivity index (χ4v) is 3.87. The van der Waals surface area contributed by atoms with Crippen LogP contribution >= 0.6 is 0 Å². The van der Waals surface area contributed by atoms with Gasteiger partial charge in [0.05, 0.1) is 14.2 Å². The molecule has 152 valence electrons. The van der Waals surface area contributed by atoms with Gasteiger partial charge in [0.15, 0.2) is 17.3 Å². The van der Waals surface area contributed by atoms with Gasteiger partial charge < -0.3 is 14.4 Å². The Balaban J connectivity index is 1.60. The van der Waals surface area contributed by atoms with Gasteiger partial charge in [-0.05, 0) is 47.9 Å². The van der Waals surface area contributed by atoms with Crippen molar-refractivity contribution in [3.05, 3.63) is 82.9 Å². The first-order chi connectivity index (χ1) is 14.6. The van der Waals surface area contributed by atoms with Crippen LogP contribution in [0, 0.1) is 0 Å². The van der Waals surface area contributed by atoms with Crippen molar-refractivity contribution in [1.82, 2.24) is 4.90 Å². The zero-order chi connectivity index (χ0) is 21.3. The molecule has 0 fully saturated rings. The number of carbonyl (C=O) groups excluding carboxylic acids is 2. The van der Waals surface area contributed by atoms with Gasteiger partial charge in [0.1, 0.15) is 0 Å². The fourth-order valence-electron chi connectivity index (χ4n) is 3.87. The maximum atomic E-state index is 13.2. The number of nitrogens with zero attached hydrogens (tertiary/aromatic N) is 1. The number of ether oxygens (including phenoxy) is 2. The Labute approximate surface area is 175 Å². The van der Waals surface area contributed by atoms with Crippen LogP contribution in [0.5, 0.6) is 11.5 Å². The molecule has 0 radical (unpaired) electrons. The summed E-state index contributed by atoms with van der Waals surface area (Å²) in [6, 6.07) is 18.6. The predicted molar refractivity (Wildman–Crippen MR) is 115 cm³/mol. The highest BCUT2D eigenvalue weighted by Gasteiger charge is 2.27. The number of fused-ring (bicyclic) bond motifs is 3. The number of benzene rings is 3. The van der Waals surface area contributed by atoms with Gasteiger partial charge in [-0.1, -0.05) is 36.4 Å². The van der Waals surface area contributed by atoms with Gasteiger partial charge in [-0.3, -0.25) is 9.59 Å². The lowest BCUT2D eigenvalue weighted by atomic mass is 10.0. The molecule has 0 heterocycles. The Kier molecular flexibility index (Phi) is 5.27. The molecule has 1 amide bonds. The lowest BCUT2D eigenvalue weighted by Gasteiger charge is -2.22. The monoisotopic (exact) mass is 401 g/mol. The summed E-state index contributed by atoms with van der Waals surface area (Å²) in [5, 5.41) is 0. The Morgan fingerprint density at radius 3 is 2.23 bits per heavy atom. The molecule has 0 aromatic heterocycles. The lowest BCUT2D eigenvalue weighted by Crippen LogP contribution is -2.30. The van der Waals surface area contributed by atoms with Gasteiger partial charge in [0.25, 0.3) is 5.91 Å². The first-order valence-corrected chi connectivity index (χ1v) is 9.85. The van der Waals surface area contributed by atoms with Crippen molar-refractivity contribution < 1.29 is 19.1 Å². The van der Waals surface area contributed by atoms with Gasteiger partial charge in [0.2, 0.25) is 0 Å². The molecule has 5 heteroatoms. The van der Waals surface area contributed by atoms with E-state index in [1.54, 1.807) is 31.3 Å². The van der Waals surface area contributed by atoms with E-state index in [2.05, 4.69) is 0 Å². The van der Waals surface area contributed by atoms with Crippen molar-refractivity contribution in [3.63, 3.8) is 0 Å². The van der Waals surface area contributed by atoms with Crippen LogP contribution < -0.4 is 9.47 Å². The third kappa shape index (κ3) is 3.32. The van der Waals surface area contributed by atoms with Gasteiger partial charge in [-0.25, -0.2) is 0 Å². The average Bonchev–Trinajstić information content (AvgIpc) is 3.08. The zero-order valence-electron chi connectivity index (χ0n) is 17.3. The molecular weight excluding hydrogens is 378 g/mol. The van der Waals surface area contributed by atoms with Gasteiger partial charge in [-0.2, -0.15) is 0 Å². The summed E-state index contributed by atoms with van der Waals surface area (Å²) in [6.45, 7) is 2.91. The Bertz CT molecular complexity index is 1140. The molecule has 0 atom stereocenters. The lowest BCUT2D eigenvalue weighted by molar-refractivity contribution is 0.0752. The van der Waals surface area contributed by atoms with Crippen LogP contribution in [0.1, 0.15) is 38.8 Å². The minimum atomic E-state index is -0.112. The molecule has 0 unspecified atom stereocenters. The first kappa shape index (κ1) is 19.7. The quantitative estimate of drug-likeness (QED) is 0.475. The Hall–Kier alpha value is -3.60. The van der Waals surface area contributed by atoms with Gasteiger partial charge in [0, 0.05) is 29.8 Å². The normalized spacial score (nSPS) is 11.6. The molecule has 0 spiro atoms. The van der Waals surface area contributed by atoms with Crippen molar-refractivity contribution in [3.8, 4) is 22.6 Å². The molecule has 0 saturated carbocycles. The molecule has 30 heavy (non-hydrogen) atoms. The molecule has 4 rings (SSSR count). The van der Waals surface area contributed by atoms with Crippen LogP contribution in [0.15, 0.2) is 60.7 Å². The SMILES string of the molecule is CCN(Cc1ccc(OC)c(OC)c1)C(=O)c1ccc2c(c1)C(=O)c1ccccc1-2. The number of hydrogen-bond acceptors (Lipinski definition) is 4. The molecule has 3 aromatic rings. The van der Waals surface area contributed by atoms with Crippen molar-refractivity contribution >= 4 is 11.7 Å². The Morgan fingerprint density at radius 1 is 0.833 bits per heavy atom. The topological polar surface area (TPSA) is 55.8 Å². The summed E-state index contributed by atoms with van der Waals surface area (Å²) in [7, 11) is 3.18. The molecule has 0 aliphatic heterocycles. The molecule has 3 aromatic carbocycles. The van der Waals surface area contributed by atoms with Crippen molar-refractivity contribution in [2.45, 2.75) is 13.5 Å².